The summed E-state index contributed by atoms with van der Waals surface area (Å²) in [6, 6.07) is 3.71. The van der Waals surface area contributed by atoms with Crippen molar-refractivity contribution in [1.29, 1.82) is 0 Å². The van der Waals surface area contributed by atoms with Gasteiger partial charge in [0.2, 0.25) is 0 Å². The number of aromatic nitrogens is 1. The lowest BCUT2D eigenvalue weighted by Crippen LogP contribution is -2.47. The number of pyridine rings is 1. The second-order valence-electron chi connectivity index (χ2n) is 7.19. The lowest BCUT2D eigenvalue weighted by Gasteiger charge is -2.32. The van der Waals surface area contributed by atoms with Gasteiger partial charge >= 0.3 is 0 Å². The SMILES string of the molecule is Cc1ccc(C(=O)N2CCOC[C@]3(CC[C@@H](CN(C)C)O3)C2)cn1. The zero-order chi connectivity index (χ0) is 17.2. The van der Waals surface area contributed by atoms with E-state index in [-0.39, 0.29) is 17.6 Å². The number of ether oxygens (including phenoxy) is 2. The highest BCUT2D eigenvalue weighted by Crippen LogP contribution is 2.33. The van der Waals surface area contributed by atoms with Crippen LogP contribution in [0.25, 0.3) is 0 Å². The van der Waals surface area contributed by atoms with Gasteiger partial charge in [-0.2, -0.15) is 0 Å². The van der Waals surface area contributed by atoms with Crippen LogP contribution in [0, 0.1) is 6.92 Å². The summed E-state index contributed by atoms with van der Waals surface area (Å²) >= 11 is 0. The van der Waals surface area contributed by atoms with Gasteiger partial charge in [-0.3, -0.25) is 9.78 Å². The number of carbonyl (C=O) groups is 1. The van der Waals surface area contributed by atoms with E-state index in [1.54, 1.807) is 6.20 Å². The Morgan fingerprint density at radius 3 is 3.00 bits per heavy atom. The first kappa shape index (κ1) is 17.3. The molecule has 1 amide bonds. The largest absolute Gasteiger partial charge is 0.377 e. The van der Waals surface area contributed by atoms with Gasteiger partial charge in [-0.25, -0.2) is 0 Å². The molecule has 0 bridgehead atoms. The molecule has 1 aromatic heterocycles. The number of likely N-dealkylation sites (N-methyl/N-ethyl adjacent to an activating group) is 1. The molecule has 0 N–H and O–H groups in total. The van der Waals surface area contributed by atoms with Gasteiger partial charge in [-0.1, -0.05) is 0 Å². The van der Waals surface area contributed by atoms with Crippen LogP contribution in [-0.4, -0.2) is 79.3 Å². The van der Waals surface area contributed by atoms with Gasteiger partial charge in [0.15, 0.2) is 0 Å². The first-order valence-corrected chi connectivity index (χ1v) is 8.60. The van der Waals surface area contributed by atoms with Crippen molar-refractivity contribution >= 4 is 5.91 Å². The minimum atomic E-state index is -0.370. The quantitative estimate of drug-likeness (QED) is 0.836. The van der Waals surface area contributed by atoms with Gasteiger partial charge in [0.05, 0.1) is 31.4 Å². The molecule has 0 aromatic carbocycles. The number of hydrogen-bond donors (Lipinski definition) is 0. The topological polar surface area (TPSA) is 54.9 Å². The van der Waals surface area contributed by atoms with Crippen LogP contribution in [0.1, 0.15) is 28.9 Å². The number of aryl methyl sites for hydroxylation is 1. The molecule has 3 rings (SSSR count). The van der Waals surface area contributed by atoms with E-state index in [0.29, 0.717) is 31.9 Å². The molecule has 24 heavy (non-hydrogen) atoms. The third-order valence-electron chi connectivity index (χ3n) is 4.70. The van der Waals surface area contributed by atoms with E-state index in [2.05, 4.69) is 24.0 Å². The molecule has 2 aliphatic heterocycles. The fourth-order valence-electron chi connectivity index (χ4n) is 3.51. The summed E-state index contributed by atoms with van der Waals surface area (Å²) in [5.41, 5.74) is 1.17. The molecular formula is C18H27N3O3. The number of carbonyl (C=O) groups excluding carboxylic acids is 1. The first-order valence-electron chi connectivity index (χ1n) is 8.60. The first-order chi connectivity index (χ1) is 11.5. The fraction of sp³-hybridized carbons (Fsp3) is 0.667. The zero-order valence-corrected chi connectivity index (χ0v) is 14.8. The smallest absolute Gasteiger partial charge is 0.255 e. The molecule has 2 atom stereocenters. The Hall–Kier alpha value is -1.50. The molecule has 2 fully saturated rings. The van der Waals surface area contributed by atoms with Gasteiger partial charge in [0.1, 0.15) is 5.60 Å². The molecule has 2 aliphatic rings. The van der Waals surface area contributed by atoms with Gasteiger partial charge in [-0.05, 0) is 46.0 Å². The average molecular weight is 333 g/mol. The summed E-state index contributed by atoms with van der Waals surface area (Å²) in [4.78, 5) is 21.1. The lowest BCUT2D eigenvalue weighted by atomic mass is 9.99. The van der Waals surface area contributed by atoms with Crippen LogP contribution in [-0.2, 0) is 9.47 Å². The van der Waals surface area contributed by atoms with Crippen molar-refractivity contribution in [3.63, 3.8) is 0 Å². The van der Waals surface area contributed by atoms with E-state index in [0.717, 1.165) is 25.1 Å². The van der Waals surface area contributed by atoms with Crippen molar-refractivity contribution in [2.45, 2.75) is 31.5 Å². The molecule has 6 nitrogen and oxygen atoms in total. The van der Waals surface area contributed by atoms with Crippen molar-refractivity contribution in [3.8, 4) is 0 Å². The van der Waals surface area contributed by atoms with Crippen LogP contribution in [0.5, 0.6) is 0 Å². The average Bonchev–Trinajstić information content (AvgIpc) is 2.79. The highest BCUT2D eigenvalue weighted by molar-refractivity contribution is 5.94. The number of hydrogen-bond acceptors (Lipinski definition) is 5. The van der Waals surface area contributed by atoms with Crippen LogP contribution in [0.3, 0.4) is 0 Å². The number of nitrogens with zero attached hydrogens (tertiary/aromatic N) is 3. The molecule has 3 heterocycles. The van der Waals surface area contributed by atoms with Crippen molar-refractivity contribution in [1.82, 2.24) is 14.8 Å². The van der Waals surface area contributed by atoms with Crippen molar-refractivity contribution in [3.05, 3.63) is 29.6 Å². The Labute approximate surface area is 143 Å². The predicted molar refractivity (Wildman–Crippen MR) is 91.1 cm³/mol. The summed E-state index contributed by atoms with van der Waals surface area (Å²) < 4.78 is 12.1. The fourth-order valence-corrected chi connectivity index (χ4v) is 3.51. The van der Waals surface area contributed by atoms with Crippen LogP contribution >= 0.6 is 0 Å². The van der Waals surface area contributed by atoms with E-state index in [1.165, 1.54) is 0 Å². The molecular weight excluding hydrogens is 306 g/mol. The molecule has 1 spiro atoms. The number of amides is 1. The van der Waals surface area contributed by atoms with E-state index in [4.69, 9.17) is 9.47 Å². The summed E-state index contributed by atoms with van der Waals surface area (Å²) in [5.74, 6) is 0.00651. The Morgan fingerprint density at radius 2 is 2.29 bits per heavy atom. The Balaban J connectivity index is 1.71. The minimum Gasteiger partial charge on any atom is -0.377 e. The van der Waals surface area contributed by atoms with Crippen molar-refractivity contribution in [2.75, 3.05) is 46.9 Å². The Morgan fingerprint density at radius 1 is 1.46 bits per heavy atom. The zero-order valence-electron chi connectivity index (χ0n) is 14.8. The normalized spacial score (nSPS) is 27.7. The number of rotatable bonds is 3. The van der Waals surface area contributed by atoms with Crippen LogP contribution in [0.2, 0.25) is 0 Å². The van der Waals surface area contributed by atoms with Gasteiger partial charge in [-0.15, -0.1) is 0 Å². The lowest BCUT2D eigenvalue weighted by molar-refractivity contribution is -0.0878. The molecule has 0 aliphatic carbocycles. The summed E-state index contributed by atoms with van der Waals surface area (Å²) in [6.45, 7) is 5.11. The third-order valence-corrected chi connectivity index (χ3v) is 4.70. The monoisotopic (exact) mass is 333 g/mol. The van der Waals surface area contributed by atoms with Gasteiger partial charge < -0.3 is 19.3 Å². The van der Waals surface area contributed by atoms with Crippen molar-refractivity contribution < 1.29 is 14.3 Å². The van der Waals surface area contributed by atoms with Crippen LogP contribution in [0.4, 0.5) is 0 Å². The molecule has 0 radical (unpaired) electrons. The third kappa shape index (κ3) is 3.94. The maximum atomic E-state index is 12.8. The standard InChI is InChI=1S/C18H27N3O3/c1-14-4-5-15(10-19-14)17(22)21-8-9-23-13-18(12-21)7-6-16(24-18)11-20(2)3/h4-5,10,16H,6-9,11-13H2,1-3H3/t16-,18-/m0/s1. The predicted octanol–water partition coefficient (Wildman–Crippen LogP) is 1.34. The van der Waals surface area contributed by atoms with Crippen molar-refractivity contribution in [2.24, 2.45) is 0 Å². The van der Waals surface area contributed by atoms with Gasteiger partial charge in [0, 0.05) is 25.0 Å². The maximum Gasteiger partial charge on any atom is 0.255 e. The summed E-state index contributed by atoms with van der Waals surface area (Å²) in [5, 5.41) is 0. The summed E-state index contributed by atoms with van der Waals surface area (Å²) in [6.07, 6.45) is 3.80. The Kier molecular flexibility index (Phi) is 5.18. The molecule has 1 aromatic rings. The molecule has 0 unspecified atom stereocenters. The minimum absolute atomic E-state index is 0.00651. The Bertz CT molecular complexity index is 575. The van der Waals surface area contributed by atoms with Gasteiger partial charge in [0.25, 0.3) is 5.91 Å². The molecule has 0 saturated carbocycles. The highest BCUT2D eigenvalue weighted by atomic mass is 16.6. The molecule has 132 valence electrons. The second-order valence-corrected chi connectivity index (χ2v) is 7.19. The second kappa shape index (κ2) is 7.17. The van der Waals surface area contributed by atoms with Crippen LogP contribution < -0.4 is 0 Å². The summed E-state index contributed by atoms with van der Waals surface area (Å²) in [7, 11) is 4.11. The highest BCUT2D eigenvalue weighted by Gasteiger charge is 2.44. The van der Waals surface area contributed by atoms with E-state index >= 15 is 0 Å². The van der Waals surface area contributed by atoms with E-state index in [9.17, 15) is 4.79 Å². The van der Waals surface area contributed by atoms with E-state index in [1.807, 2.05) is 24.0 Å². The maximum absolute atomic E-state index is 12.8. The van der Waals surface area contributed by atoms with Crippen LogP contribution in [0.15, 0.2) is 18.3 Å². The molecule has 2 saturated heterocycles. The van der Waals surface area contributed by atoms with E-state index < -0.39 is 0 Å². The molecule has 6 heteroatoms.